The highest BCUT2D eigenvalue weighted by molar-refractivity contribution is 5.78. The Bertz CT molecular complexity index is 636. The maximum absolute atomic E-state index is 14.2. The third kappa shape index (κ3) is 2.76. The Morgan fingerprint density at radius 3 is 2.26 bits per heavy atom. The summed E-state index contributed by atoms with van der Waals surface area (Å²) in [6.45, 7) is 8.00. The van der Waals surface area contributed by atoms with Gasteiger partial charge >= 0.3 is 0 Å². The SMILES string of the molecule is CC=Cc1c(C)cc(C)cc1-c1ccc(C)cc1F. The quantitative estimate of drug-likeness (QED) is 0.668. The Balaban J connectivity index is 2.73. The lowest BCUT2D eigenvalue weighted by molar-refractivity contribution is 0.630. The largest absolute Gasteiger partial charge is 0.206 e. The monoisotopic (exact) mass is 254 g/mol. The van der Waals surface area contributed by atoms with Crippen molar-refractivity contribution in [1.82, 2.24) is 0 Å². The van der Waals surface area contributed by atoms with Crippen molar-refractivity contribution < 1.29 is 4.39 Å². The molecule has 0 bridgehead atoms. The molecule has 0 saturated heterocycles. The van der Waals surface area contributed by atoms with Crippen LogP contribution in [0.25, 0.3) is 17.2 Å². The van der Waals surface area contributed by atoms with E-state index >= 15 is 0 Å². The predicted octanol–water partition coefficient (Wildman–Crippen LogP) is 5.45. The molecular weight excluding hydrogens is 235 g/mol. The highest BCUT2D eigenvalue weighted by atomic mass is 19.1. The van der Waals surface area contributed by atoms with Crippen LogP contribution in [0.1, 0.15) is 29.2 Å². The Morgan fingerprint density at radius 2 is 1.63 bits per heavy atom. The van der Waals surface area contributed by atoms with E-state index in [2.05, 4.69) is 19.1 Å². The first-order valence-electron chi connectivity index (χ1n) is 6.53. The van der Waals surface area contributed by atoms with Gasteiger partial charge < -0.3 is 0 Å². The van der Waals surface area contributed by atoms with E-state index in [9.17, 15) is 4.39 Å². The van der Waals surface area contributed by atoms with Crippen molar-refractivity contribution in [2.45, 2.75) is 27.7 Å². The van der Waals surface area contributed by atoms with Crippen LogP contribution < -0.4 is 0 Å². The lowest BCUT2D eigenvalue weighted by Gasteiger charge is -2.13. The average molecular weight is 254 g/mol. The van der Waals surface area contributed by atoms with Crippen LogP contribution in [0, 0.1) is 26.6 Å². The first-order chi connectivity index (χ1) is 9.02. The molecule has 0 N–H and O–H groups in total. The fourth-order valence-electron chi connectivity index (χ4n) is 2.43. The maximum atomic E-state index is 14.2. The fourth-order valence-corrected chi connectivity index (χ4v) is 2.43. The fraction of sp³-hybridized carbons (Fsp3) is 0.222. The number of allylic oxidation sites excluding steroid dienone is 1. The van der Waals surface area contributed by atoms with E-state index in [4.69, 9.17) is 0 Å². The van der Waals surface area contributed by atoms with Gasteiger partial charge in [0.2, 0.25) is 0 Å². The zero-order chi connectivity index (χ0) is 14.0. The topological polar surface area (TPSA) is 0 Å². The van der Waals surface area contributed by atoms with E-state index < -0.39 is 0 Å². The number of benzene rings is 2. The molecule has 0 spiro atoms. The molecule has 1 heteroatoms. The first-order valence-corrected chi connectivity index (χ1v) is 6.53. The second kappa shape index (κ2) is 5.40. The maximum Gasteiger partial charge on any atom is 0.131 e. The molecule has 0 fully saturated rings. The lowest BCUT2D eigenvalue weighted by Crippen LogP contribution is -1.93. The molecule has 0 aromatic heterocycles. The third-order valence-electron chi connectivity index (χ3n) is 3.28. The minimum atomic E-state index is -0.157. The second-order valence-corrected chi connectivity index (χ2v) is 5.03. The smallest absolute Gasteiger partial charge is 0.131 e. The molecule has 0 heterocycles. The molecular formula is C18H19F. The molecule has 98 valence electrons. The van der Waals surface area contributed by atoms with Crippen LogP contribution in [0.2, 0.25) is 0 Å². The number of rotatable bonds is 2. The lowest BCUT2D eigenvalue weighted by atomic mass is 9.92. The highest BCUT2D eigenvalue weighted by Crippen LogP contribution is 2.31. The molecule has 0 saturated carbocycles. The van der Waals surface area contributed by atoms with E-state index in [1.807, 2.05) is 45.1 Å². The van der Waals surface area contributed by atoms with E-state index in [0.29, 0.717) is 5.56 Å². The molecule has 2 rings (SSSR count). The van der Waals surface area contributed by atoms with Gasteiger partial charge in [0, 0.05) is 5.56 Å². The van der Waals surface area contributed by atoms with Crippen LogP contribution in [-0.4, -0.2) is 0 Å². The van der Waals surface area contributed by atoms with Crippen LogP contribution in [0.5, 0.6) is 0 Å². The molecule has 0 nitrogen and oxygen atoms in total. The predicted molar refractivity (Wildman–Crippen MR) is 80.8 cm³/mol. The summed E-state index contributed by atoms with van der Waals surface area (Å²) in [4.78, 5) is 0. The van der Waals surface area contributed by atoms with Gasteiger partial charge in [0.1, 0.15) is 5.82 Å². The summed E-state index contributed by atoms with van der Waals surface area (Å²) in [6.07, 6.45) is 4.04. The second-order valence-electron chi connectivity index (χ2n) is 5.03. The molecule has 19 heavy (non-hydrogen) atoms. The molecule has 0 aliphatic heterocycles. The minimum absolute atomic E-state index is 0.157. The molecule has 2 aromatic rings. The molecule has 0 radical (unpaired) electrons. The summed E-state index contributed by atoms with van der Waals surface area (Å²) in [6, 6.07) is 9.59. The summed E-state index contributed by atoms with van der Waals surface area (Å²) in [5, 5.41) is 0. The van der Waals surface area contributed by atoms with Crippen molar-refractivity contribution in [3.05, 3.63) is 64.5 Å². The van der Waals surface area contributed by atoms with E-state index in [0.717, 1.165) is 22.3 Å². The van der Waals surface area contributed by atoms with Gasteiger partial charge in [0.05, 0.1) is 0 Å². The van der Waals surface area contributed by atoms with Crippen molar-refractivity contribution in [2.24, 2.45) is 0 Å². The minimum Gasteiger partial charge on any atom is -0.206 e. The molecule has 0 amide bonds. The Hall–Kier alpha value is -1.89. The number of aryl methyl sites for hydroxylation is 3. The van der Waals surface area contributed by atoms with Gasteiger partial charge in [-0.2, -0.15) is 0 Å². The molecule has 2 aromatic carbocycles. The van der Waals surface area contributed by atoms with Crippen molar-refractivity contribution in [3.8, 4) is 11.1 Å². The Labute approximate surface area is 114 Å². The summed E-state index contributed by atoms with van der Waals surface area (Å²) in [7, 11) is 0. The van der Waals surface area contributed by atoms with Crippen LogP contribution in [-0.2, 0) is 0 Å². The van der Waals surface area contributed by atoms with Crippen molar-refractivity contribution >= 4 is 6.08 Å². The van der Waals surface area contributed by atoms with Gasteiger partial charge in [-0.1, -0.05) is 42.0 Å². The normalized spacial score (nSPS) is 11.2. The van der Waals surface area contributed by atoms with Crippen LogP contribution in [0.4, 0.5) is 4.39 Å². The van der Waals surface area contributed by atoms with Gasteiger partial charge in [-0.25, -0.2) is 4.39 Å². The van der Waals surface area contributed by atoms with Gasteiger partial charge in [0.15, 0.2) is 0 Å². The van der Waals surface area contributed by atoms with Crippen molar-refractivity contribution in [3.63, 3.8) is 0 Å². The molecule has 0 atom stereocenters. The van der Waals surface area contributed by atoms with Crippen LogP contribution >= 0.6 is 0 Å². The summed E-state index contributed by atoms with van der Waals surface area (Å²) in [5.74, 6) is -0.157. The molecule has 0 unspecified atom stereocenters. The van der Waals surface area contributed by atoms with Gasteiger partial charge in [-0.05, 0) is 56.0 Å². The van der Waals surface area contributed by atoms with Crippen LogP contribution in [0.3, 0.4) is 0 Å². The van der Waals surface area contributed by atoms with Crippen molar-refractivity contribution in [2.75, 3.05) is 0 Å². The van der Waals surface area contributed by atoms with E-state index in [1.165, 1.54) is 5.56 Å². The standard InChI is InChI=1S/C18H19F/c1-5-6-15-14(4)9-13(3)10-17(15)16-8-7-12(2)11-18(16)19/h5-11H,1-4H3. The number of hydrogen-bond donors (Lipinski definition) is 0. The van der Waals surface area contributed by atoms with Gasteiger partial charge in [0.25, 0.3) is 0 Å². The molecule has 0 aliphatic carbocycles. The van der Waals surface area contributed by atoms with Gasteiger partial charge in [-0.3, -0.25) is 0 Å². The number of halogens is 1. The summed E-state index contributed by atoms with van der Waals surface area (Å²) >= 11 is 0. The third-order valence-corrected chi connectivity index (χ3v) is 3.28. The van der Waals surface area contributed by atoms with Crippen LogP contribution in [0.15, 0.2) is 36.4 Å². The number of hydrogen-bond acceptors (Lipinski definition) is 0. The van der Waals surface area contributed by atoms with Gasteiger partial charge in [-0.15, -0.1) is 0 Å². The first kappa shape index (κ1) is 13.5. The summed E-state index contributed by atoms with van der Waals surface area (Å²) in [5.41, 5.74) is 6.00. The zero-order valence-corrected chi connectivity index (χ0v) is 11.9. The average Bonchev–Trinajstić information content (AvgIpc) is 2.32. The Morgan fingerprint density at radius 1 is 0.895 bits per heavy atom. The zero-order valence-electron chi connectivity index (χ0n) is 11.9. The van der Waals surface area contributed by atoms with Crippen molar-refractivity contribution in [1.29, 1.82) is 0 Å². The van der Waals surface area contributed by atoms with E-state index in [-0.39, 0.29) is 5.82 Å². The highest BCUT2D eigenvalue weighted by Gasteiger charge is 2.11. The summed E-state index contributed by atoms with van der Waals surface area (Å²) < 4.78 is 14.2. The van der Waals surface area contributed by atoms with E-state index in [1.54, 1.807) is 6.07 Å². The Kier molecular flexibility index (Phi) is 3.84. The molecule has 0 aliphatic rings.